The number of methoxy groups -OCH3 is 1. The molecule has 1 amide bonds. The van der Waals surface area contributed by atoms with E-state index in [0.717, 1.165) is 31.4 Å². The highest BCUT2D eigenvalue weighted by molar-refractivity contribution is 8.18. The number of hydrogen-bond donors (Lipinski definition) is 0. The maximum atomic E-state index is 13.4. The first-order valence-corrected chi connectivity index (χ1v) is 11.4. The molecule has 1 saturated heterocycles. The van der Waals surface area contributed by atoms with Crippen molar-refractivity contribution < 1.29 is 23.0 Å². The average molecular weight is 459 g/mol. The highest BCUT2D eigenvalue weighted by atomic mass is 32.2. The zero-order valence-corrected chi connectivity index (χ0v) is 18.5. The minimum atomic E-state index is -2.94. The lowest BCUT2D eigenvalue weighted by atomic mass is 9.94. The van der Waals surface area contributed by atoms with Crippen LogP contribution >= 0.6 is 11.8 Å². The van der Waals surface area contributed by atoms with Gasteiger partial charge in [0.25, 0.3) is 5.91 Å². The molecule has 8 heteroatoms. The molecular weight excluding hydrogens is 434 g/mol. The second-order valence-corrected chi connectivity index (χ2v) is 8.61. The number of halogens is 2. The number of aliphatic imine (C=N–C) groups is 1. The van der Waals surface area contributed by atoms with Crippen LogP contribution < -0.4 is 9.47 Å². The first-order chi connectivity index (χ1) is 15.5. The summed E-state index contributed by atoms with van der Waals surface area (Å²) in [5.74, 6) is 0.0473. The quantitative estimate of drug-likeness (QED) is 0.481. The fourth-order valence-corrected chi connectivity index (χ4v) is 5.02. The van der Waals surface area contributed by atoms with Crippen LogP contribution in [-0.2, 0) is 4.79 Å². The molecule has 0 aromatic heterocycles. The van der Waals surface area contributed by atoms with Gasteiger partial charge >= 0.3 is 6.61 Å². The summed E-state index contributed by atoms with van der Waals surface area (Å²) >= 11 is 1.33. The molecule has 0 N–H and O–H groups in total. The Kier molecular flexibility index (Phi) is 7.09. The van der Waals surface area contributed by atoms with Gasteiger partial charge in [-0.2, -0.15) is 8.78 Å². The van der Waals surface area contributed by atoms with Crippen LogP contribution in [0.5, 0.6) is 11.5 Å². The Hall–Kier alpha value is -2.87. The lowest BCUT2D eigenvalue weighted by molar-refractivity contribution is -0.124. The Bertz CT molecular complexity index is 1020. The van der Waals surface area contributed by atoms with E-state index in [-0.39, 0.29) is 23.4 Å². The molecule has 32 heavy (non-hydrogen) atoms. The van der Waals surface area contributed by atoms with Crippen LogP contribution in [0.4, 0.5) is 14.5 Å². The molecule has 0 spiro atoms. The number of rotatable bonds is 6. The summed E-state index contributed by atoms with van der Waals surface area (Å²) in [5, 5.41) is 0.670. The van der Waals surface area contributed by atoms with E-state index in [9.17, 15) is 13.6 Å². The average Bonchev–Trinajstić information content (AvgIpc) is 3.10. The molecule has 168 valence electrons. The van der Waals surface area contributed by atoms with Crippen LogP contribution in [0.2, 0.25) is 0 Å². The summed E-state index contributed by atoms with van der Waals surface area (Å²) in [6, 6.07) is 14.3. The van der Waals surface area contributed by atoms with Gasteiger partial charge in [-0.1, -0.05) is 43.5 Å². The normalized spacial score (nSPS) is 19.9. The molecule has 2 aromatic carbocycles. The van der Waals surface area contributed by atoms with Crippen molar-refractivity contribution in [1.29, 1.82) is 0 Å². The minimum absolute atomic E-state index is 0.0507. The van der Waals surface area contributed by atoms with Crippen LogP contribution in [0.1, 0.15) is 37.7 Å². The van der Waals surface area contributed by atoms with Crippen molar-refractivity contribution in [3.63, 3.8) is 0 Å². The number of nitrogens with zero attached hydrogens (tertiary/aromatic N) is 2. The van der Waals surface area contributed by atoms with E-state index in [1.54, 1.807) is 18.2 Å². The fraction of sp³-hybridized carbons (Fsp3) is 0.333. The van der Waals surface area contributed by atoms with Crippen molar-refractivity contribution in [3.8, 4) is 11.5 Å². The molecule has 0 radical (unpaired) electrons. The van der Waals surface area contributed by atoms with Gasteiger partial charge in [0.2, 0.25) is 0 Å². The van der Waals surface area contributed by atoms with Crippen LogP contribution in [0, 0.1) is 0 Å². The third kappa shape index (κ3) is 5.12. The summed E-state index contributed by atoms with van der Waals surface area (Å²) in [5.41, 5.74) is 1.45. The predicted molar refractivity (Wildman–Crippen MR) is 122 cm³/mol. The smallest absolute Gasteiger partial charge is 0.387 e. The number of amides is 1. The largest absolute Gasteiger partial charge is 0.493 e. The summed E-state index contributed by atoms with van der Waals surface area (Å²) in [7, 11) is 1.38. The molecule has 1 aliphatic carbocycles. The van der Waals surface area contributed by atoms with Gasteiger partial charge in [0.15, 0.2) is 16.7 Å². The van der Waals surface area contributed by atoms with E-state index in [0.29, 0.717) is 15.6 Å². The second-order valence-electron chi connectivity index (χ2n) is 7.60. The maximum absolute atomic E-state index is 13.4. The molecule has 2 fully saturated rings. The van der Waals surface area contributed by atoms with E-state index >= 15 is 0 Å². The van der Waals surface area contributed by atoms with E-state index in [1.165, 1.54) is 31.4 Å². The molecule has 5 nitrogen and oxygen atoms in total. The first-order valence-electron chi connectivity index (χ1n) is 10.5. The van der Waals surface area contributed by atoms with E-state index in [1.807, 2.05) is 35.2 Å². The third-order valence-electron chi connectivity index (χ3n) is 5.46. The maximum Gasteiger partial charge on any atom is 0.387 e. The van der Waals surface area contributed by atoms with Gasteiger partial charge in [0.1, 0.15) is 0 Å². The van der Waals surface area contributed by atoms with E-state index in [2.05, 4.69) is 4.74 Å². The Balaban J connectivity index is 1.66. The standard InChI is InChI=1S/C24H24F2N2O3S/c1-30-20-14-16(12-13-19(20)31-23(25)26)15-21-22(29)28(18-10-6-3-7-11-18)24(32-21)27-17-8-4-2-5-9-17/h2,4-5,8-9,12-15,18,23H,3,6-7,10-11H2,1H3/b21-15+,27-24?. The number of benzene rings is 2. The summed E-state index contributed by atoms with van der Waals surface area (Å²) < 4.78 is 34.9. The van der Waals surface area contributed by atoms with Crippen molar-refractivity contribution in [2.24, 2.45) is 4.99 Å². The number of hydrogen-bond acceptors (Lipinski definition) is 5. The summed E-state index contributed by atoms with van der Waals surface area (Å²) in [4.78, 5) is 20.5. The van der Waals surface area contributed by atoms with Crippen molar-refractivity contribution in [3.05, 3.63) is 59.0 Å². The van der Waals surface area contributed by atoms with Crippen LogP contribution in [-0.4, -0.2) is 35.7 Å². The zero-order valence-electron chi connectivity index (χ0n) is 17.7. The molecule has 1 saturated carbocycles. The fourth-order valence-electron chi connectivity index (χ4n) is 3.96. The van der Waals surface area contributed by atoms with Gasteiger partial charge in [-0.15, -0.1) is 0 Å². The third-order valence-corrected chi connectivity index (χ3v) is 6.44. The minimum Gasteiger partial charge on any atom is -0.493 e. The van der Waals surface area contributed by atoms with Crippen molar-refractivity contribution in [2.45, 2.75) is 44.8 Å². The van der Waals surface area contributed by atoms with Gasteiger partial charge in [0.05, 0.1) is 17.7 Å². The van der Waals surface area contributed by atoms with Gasteiger partial charge < -0.3 is 9.47 Å². The van der Waals surface area contributed by atoms with Crippen LogP contribution in [0.15, 0.2) is 58.4 Å². The van der Waals surface area contributed by atoms with Crippen molar-refractivity contribution >= 4 is 34.6 Å². The van der Waals surface area contributed by atoms with E-state index < -0.39 is 6.61 Å². The van der Waals surface area contributed by atoms with Gasteiger partial charge in [0, 0.05) is 6.04 Å². The lowest BCUT2D eigenvalue weighted by Crippen LogP contribution is -2.40. The zero-order chi connectivity index (χ0) is 22.5. The van der Waals surface area contributed by atoms with E-state index in [4.69, 9.17) is 9.73 Å². The lowest BCUT2D eigenvalue weighted by Gasteiger charge is -2.30. The van der Waals surface area contributed by atoms with Crippen LogP contribution in [0.25, 0.3) is 6.08 Å². The van der Waals surface area contributed by atoms with Gasteiger partial charge in [-0.05, 0) is 60.5 Å². The molecule has 1 aliphatic heterocycles. The summed E-state index contributed by atoms with van der Waals surface area (Å²) in [6.07, 6.45) is 7.04. The number of carbonyl (C=O) groups excluding carboxylic acids is 1. The number of ether oxygens (including phenoxy) is 2. The topological polar surface area (TPSA) is 51.1 Å². The Morgan fingerprint density at radius 3 is 2.53 bits per heavy atom. The SMILES string of the molecule is COc1cc(/C=C2/SC(=Nc3ccccc3)N(C3CCCCC3)C2=O)ccc1OC(F)F. The summed E-state index contributed by atoms with van der Waals surface area (Å²) in [6.45, 7) is -2.94. The van der Waals surface area contributed by atoms with Crippen molar-refractivity contribution in [2.75, 3.05) is 7.11 Å². The monoisotopic (exact) mass is 458 g/mol. The first kappa shape index (κ1) is 22.3. The number of para-hydroxylation sites is 1. The second kappa shape index (κ2) is 10.2. The van der Waals surface area contributed by atoms with Gasteiger partial charge in [-0.3, -0.25) is 9.69 Å². The molecular formula is C24H24F2N2O3S. The molecule has 0 atom stereocenters. The molecule has 4 rings (SSSR count). The van der Waals surface area contributed by atoms with Gasteiger partial charge in [-0.25, -0.2) is 4.99 Å². The predicted octanol–water partition coefficient (Wildman–Crippen LogP) is 6.23. The highest BCUT2D eigenvalue weighted by Gasteiger charge is 2.38. The number of amidine groups is 1. The number of alkyl halides is 2. The molecule has 0 unspecified atom stereocenters. The molecule has 0 bridgehead atoms. The van der Waals surface area contributed by atoms with Crippen LogP contribution in [0.3, 0.4) is 0 Å². The molecule has 2 aliphatic rings. The molecule has 1 heterocycles. The van der Waals surface area contributed by atoms with Crippen molar-refractivity contribution in [1.82, 2.24) is 4.90 Å². The molecule has 2 aromatic rings. The number of thioether (sulfide) groups is 1. The Morgan fingerprint density at radius 2 is 1.84 bits per heavy atom. The number of carbonyl (C=O) groups is 1. The Labute approximate surface area is 190 Å². The Morgan fingerprint density at radius 1 is 1.09 bits per heavy atom. The highest BCUT2D eigenvalue weighted by Crippen LogP contribution is 2.39.